The summed E-state index contributed by atoms with van der Waals surface area (Å²) in [5, 5.41) is 9.38. The van der Waals surface area contributed by atoms with Gasteiger partial charge < -0.3 is 14.9 Å². The number of hydrogen-bond acceptors (Lipinski definition) is 4. The van der Waals surface area contributed by atoms with E-state index in [0.717, 1.165) is 37.3 Å². The highest BCUT2D eigenvalue weighted by molar-refractivity contribution is 5.53. The van der Waals surface area contributed by atoms with Gasteiger partial charge in [0.15, 0.2) is 0 Å². The van der Waals surface area contributed by atoms with Crippen LogP contribution >= 0.6 is 0 Å². The number of hydrogen-bond donors (Lipinski definition) is 1. The molecule has 0 aromatic carbocycles. The Hall–Kier alpha value is -1.13. The van der Waals surface area contributed by atoms with Crippen molar-refractivity contribution < 1.29 is 5.11 Å². The first kappa shape index (κ1) is 12.3. The van der Waals surface area contributed by atoms with Crippen molar-refractivity contribution in [2.75, 3.05) is 31.6 Å². The molecule has 94 valence electrons. The normalized spacial score (nSPS) is 22.5. The van der Waals surface area contributed by atoms with E-state index in [1.54, 1.807) is 12.4 Å². The minimum Gasteiger partial charge on any atom is -0.392 e. The Balaban J connectivity index is 2.25. The van der Waals surface area contributed by atoms with Crippen LogP contribution in [0.1, 0.15) is 18.9 Å². The number of aliphatic hydroxyl groups excluding tert-OH is 1. The van der Waals surface area contributed by atoms with Crippen LogP contribution in [0, 0.1) is 0 Å². The van der Waals surface area contributed by atoms with E-state index in [2.05, 4.69) is 28.8 Å². The first-order valence-corrected chi connectivity index (χ1v) is 6.21. The molecule has 1 aromatic rings. The Morgan fingerprint density at radius 1 is 1.47 bits per heavy atom. The summed E-state index contributed by atoms with van der Waals surface area (Å²) in [6.45, 7) is 5.54. The van der Waals surface area contributed by atoms with Crippen LogP contribution in [0.4, 0.5) is 5.69 Å². The smallest absolute Gasteiger partial charge is 0.0717 e. The summed E-state index contributed by atoms with van der Waals surface area (Å²) in [4.78, 5) is 8.83. The molecule has 1 atom stereocenters. The lowest BCUT2D eigenvalue weighted by atomic mass is 10.1. The zero-order valence-corrected chi connectivity index (χ0v) is 10.6. The predicted octanol–water partition coefficient (Wildman–Crippen LogP) is 1.10. The molecule has 1 aliphatic rings. The second kappa shape index (κ2) is 5.47. The van der Waals surface area contributed by atoms with Crippen LogP contribution in [0.15, 0.2) is 18.5 Å². The Morgan fingerprint density at radius 2 is 2.29 bits per heavy atom. The molecule has 2 rings (SSSR count). The van der Waals surface area contributed by atoms with Gasteiger partial charge in [0.2, 0.25) is 0 Å². The van der Waals surface area contributed by atoms with Crippen LogP contribution in [-0.4, -0.2) is 47.7 Å². The van der Waals surface area contributed by atoms with Gasteiger partial charge >= 0.3 is 0 Å². The van der Waals surface area contributed by atoms with Gasteiger partial charge in [-0.15, -0.1) is 0 Å². The average Bonchev–Trinajstić information content (AvgIpc) is 2.50. The average molecular weight is 235 g/mol. The SMILES string of the molecule is CC1CN(C)CCCN1c1ccncc1CO. The molecule has 1 aromatic heterocycles. The number of pyridine rings is 1. The van der Waals surface area contributed by atoms with E-state index in [1.165, 1.54) is 0 Å². The quantitative estimate of drug-likeness (QED) is 0.833. The van der Waals surface area contributed by atoms with Gasteiger partial charge in [-0.05, 0) is 33.0 Å². The second-order valence-corrected chi connectivity index (χ2v) is 4.82. The van der Waals surface area contributed by atoms with Crippen LogP contribution in [0.5, 0.6) is 0 Å². The van der Waals surface area contributed by atoms with Crippen LogP contribution in [-0.2, 0) is 6.61 Å². The van der Waals surface area contributed by atoms with Crippen molar-refractivity contribution >= 4 is 5.69 Å². The van der Waals surface area contributed by atoms with E-state index in [0.29, 0.717) is 6.04 Å². The maximum Gasteiger partial charge on any atom is 0.0717 e. The first-order chi connectivity index (χ1) is 8.22. The van der Waals surface area contributed by atoms with E-state index >= 15 is 0 Å². The van der Waals surface area contributed by atoms with Gasteiger partial charge in [0.05, 0.1) is 6.61 Å². The zero-order valence-electron chi connectivity index (χ0n) is 10.6. The van der Waals surface area contributed by atoms with Crippen molar-refractivity contribution in [2.24, 2.45) is 0 Å². The highest BCUT2D eigenvalue weighted by Crippen LogP contribution is 2.23. The number of nitrogens with zero attached hydrogens (tertiary/aromatic N) is 3. The lowest BCUT2D eigenvalue weighted by Crippen LogP contribution is -2.38. The van der Waals surface area contributed by atoms with E-state index in [9.17, 15) is 5.11 Å². The largest absolute Gasteiger partial charge is 0.392 e. The summed E-state index contributed by atoms with van der Waals surface area (Å²) in [6, 6.07) is 2.48. The fourth-order valence-electron chi connectivity index (χ4n) is 2.55. The maximum atomic E-state index is 9.38. The third kappa shape index (κ3) is 2.76. The molecular weight excluding hydrogens is 214 g/mol. The molecule has 1 N–H and O–H groups in total. The van der Waals surface area contributed by atoms with E-state index in [4.69, 9.17) is 0 Å². The summed E-state index contributed by atoms with van der Waals surface area (Å²) in [7, 11) is 2.17. The monoisotopic (exact) mass is 235 g/mol. The molecule has 0 bridgehead atoms. The summed E-state index contributed by atoms with van der Waals surface area (Å²) in [6.07, 6.45) is 4.72. The van der Waals surface area contributed by atoms with E-state index < -0.39 is 0 Å². The number of aromatic nitrogens is 1. The molecule has 17 heavy (non-hydrogen) atoms. The molecule has 0 saturated carbocycles. The van der Waals surface area contributed by atoms with Gasteiger partial charge in [0.25, 0.3) is 0 Å². The minimum absolute atomic E-state index is 0.0578. The first-order valence-electron chi connectivity index (χ1n) is 6.21. The highest BCUT2D eigenvalue weighted by Gasteiger charge is 2.21. The molecular formula is C13H21N3O. The van der Waals surface area contributed by atoms with Crippen LogP contribution < -0.4 is 4.90 Å². The maximum absolute atomic E-state index is 9.38. The van der Waals surface area contributed by atoms with Crippen LogP contribution in [0.2, 0.25) is 0 Å². The van der Waals surface area contributed by atoms with Crippen molar-refractivity contribution in [1.82, 2.24) is 9.88 Å². The topological polar surface area (TPSA) is 39.6 Å². The standard InChI is InChI=1S/C13H21N3O/c1-11-9-15(2)6-3-7-16(11)13-4-5-14-8-12(13)10-17/h4-5,8,11,17H,3,6-7,9-10H2,1-2H3. The zero-order chi connectivity index (χ0) is 12.3. The second-order valence-electron chi connectivity index (χ2n) is 4.82. The van der Waals surface area contributed by atoms with E-state index in [1.807, 2.05) is 6.07 Å². The Labute approximate surface area is 103 Å². The Bertz CT molecular complexity index is 369. The summed E-state index contributed by atoms with van der Waals surface area (Å²) >= 11 is 0. The predicted molar refractivity (Wildman–Crippen MR) is 69.1 cm³/mol. The van der Waals surface area contributed by atoms with Crippen molar-refractivity contribution in [3.63, 3.8) is 0 Å². The Kier molecular flexibility index (Phi) is 3.97. The Morgan fingerprint density at radius 3 is 3.06 bits per heavy atom. The van der Waals surface area contributed by atoms with Gasteiger partial charge in [0.1, 0.15) is 0 Å². The molecule has 2 heterocycles. The fraction of sp³-hybridized carbons (Fsp3) is 0.615. The molecule has 1 saturated heterocycles. The van der Waals surface area contributed by atoms with Crippen molar-refractivity contribution in [3.05, 3.63) is 24.0 Å². The number of aliphatic hydroxyl groups is 1. The number of rotatable bonds is 2. The van der Waals surface area contributed by atoms with Gasteiger partial charge in [-0.25, -0.2) is 0 Å². The fourth-order valence-corrected chi connectivity index (χ4v) is 2.55. The third-order valence-corrected chi connectivity index (χ3v) is 3.40. The highest BCUT2D eigenvalue weighted by atomic mass is 16.3. The van der Waals surface area contributed by atoms with Crippen LogP contribution in [0.3, 0.4) is 0 Å². The molecule has 1 aliphatic heterocycles. The summed E-state index contributed by atoms with van der Waals surface area (Å²) in [5.74, 6) is 0. The van der Waals surface area contributed by atoms with Crippen molar-refractivity contribution in [2.45, 2.75) is 26.0 Å². The van der Waals surface area contributed by atoms with Gasteiger partial charge in [-0.3, -0.25) is 4.98 Å². The molecule has 0 spiro atoms. The molecule has 0 amide bonds. The van der Waals surface area contributed by atoms with E-state index in [-0.39, 0.29) is 6.61 Å². The molecule has 0 aliphatic carbocycles. The lowest BCUT2D eigenvalue weighted by Gasteiger charge is -2.31. The summed E-state index contributed by atoms with van der Waals surface area (Å²) in [5.41, 5.74) is 2.05. The van der Waals surface area contributed by atoms with Gasteiger partial charge in [-0.1, -0.05) is 0 Å². The number of likely N-dealkylation sites (N-methyl/N-ethyl adjacent to an activating group) is 1. The summed E-state index contributed by atoms with van der Waals surface area (Å²) < 4.78 is 0. The molecule has 4 heteroatoms. The van der Waals surface area contributed by atoms with Gasteiger partial charge in [-0.2, -0.15) is 0 Å². The molecule has 0 radical (unpaired) electrons. The lowest BCUT2D eigenvalue weighted by molar-refractivity contribution is 0.281. The number of anilines is 1. The molecule has 1 unspecified atom stereocenters. The van der Waals surface area contributed by atoms with Crippen molar-refractivity contribution in [1.29, 1.82) is 0 Å². The third-order valence-electron chi connectivity index (χ3n) is 3.40. The minimum atomic E-state index is 0.0578. The molecule has 4 nitrogen and oxygen atoms in total. The molecule has 1 fully saturated rings. The van der Waals surface area contributed by atoms with Crippen molar-refractivity contribution in [3.8, 4) is 0 Å². The van der Waals surface area contributed by atoms with Gasteiger partial charge in [0, 0.05) is 42.8 Å². The van der Waals surface area contributed by atoms with Crippen LogP contribution in [0.25, 0.3) is 0 Å².